The molecule has 1 aromatic heterocycles. The summed E-state index contributed by atoms with van der Waals surface area (Å²) in [6.07, 6.45) is 5.22. The summed E-state index contributed by atoms with van der Waals surface area (Å²) in [6.45, 7) is 1.86. The van der Waals surface area contributed by atoms with Crippen LogP contribution in [0.5, 0.6) is 0 Å². The van der Waals surface area contributed by atoms with Gasteiger partial charge in [-0.05, 0) is 24.6 Å². The minimum absolute atomic E-state index is 0.0448. The maximum atomic E-state index is 11.3. The second-order valence-corrected chi connectivity index (χ2v) is 3.15. The van der Waals surface area contributed by atoms with Crippen LogP contribution in [0.25, 0.3) is 6.08 Å². The highest BCUT2D eigenvalue weighted by Gasteiger charge is 2.05. The first kappa shape index (κ1) is 11.5. The molecule has 1 atom stereocenters. The van der Waals surface area contributed by atoms with Gasteiger partial charge in [-0.15, -0.1) is 0 Å². The molecule has 1 aromatic rings. The SMILES string of the molecule is CC[C@H](CO)NC(=O)/C=C/c1ccco1. The predicted octanol–water partition coefficient (Wildman–Crippen LogP) is 1.18. The zero-order chi connectivity index (χ0) is 11.1. The van der Waals surface area contributed by atoms with E-state index in [1.807, 2.05) is 6.92 Å². The summed E-state index contributed by atoms with van der Waals surface area (Å²) in [7, 11) is 0. The van der Waals surface area contributed by atoms with Crippen molar-refractivity contribution in [2.75, 3.05) is 6.61 Å². The Labute approximate surface area is 88.6 Å². The summed E-state index contributed by atoms with van der Waals surface area (Å²) in [5.41, 5.74) is 0. The zero-order valence-electron chi connectivity index (χ0n) is 8.64. The van der Waals surface area contributed by atoms with Crippen LogP contribution in [0.1, 0.15) is 19.1 Å². The molecule has 0 aliphatic carbocycles. The first-order valence-corrected chi connectivity index (χ1v) is 4.89. The van der Waals surface area contributed by atoms with Gasteiger partial charge in [-0.1, -0.05) is 6.92 Å². The molecule has 0 saturated carbocycles. The number of carbonyl (C=O) groups is 1. The van der Waals surface area contributed by atoms with Gasteiger partial charge in [0.1, 0.15) is 5.76 Å². The molecule has 1 amide bonds. The van der Waals surface area contributed by atoms with Gasteiger partial charge in [0.2, 0.25) is 5.91 Å². The van der Waals surface area contributed by atoms with Gasteiger partial charge >= 0.3 is 0 Å². The molecule has 4 heteroatoms. The smallest absolute Gasteiger partial charge is 0.244 e. The molecule has 0 unspecified atom stereocenters. The van der Waals surface area contributed by atoms with Gasteiger partial charge < -0.3 is 14.8 Å². The van der Waals surface area contributed by atoms with E-state index in [2.05, 4.69) is 5.32 Å². The maximum Gasteiger partial charge on any atom is 0.244 e. The van der Waals surface area contributed by atoms with Crippen molar-refractivity contribution in [2.45, 2.75) is 19.4 Å². The van der Waals surface area contributed by atoms with Gasteiger partial charge in [-0.2, -0.15) is 0 Å². The summed E-state index contributed by atoms with van der Waals surface area (Å²) in [6, 6.07) is 3.33. The molecule has 0 aliphatic heterocycles. The molecule has 0 radical (unpaired) electrons. The van der Waals surface area contributed by atoms with E-state index in [1.165, 1.54) is 6.08 Å². The Balaban J connectivity index is 2.42. The highest BCUT2D eigenvalue weighted by atomic mass is 16.3. The normalized spacial score (nSPS) is 12.9. The van der Waals surface area contributed by atoms with Crippen molar-refractivity contribution in [3.63, 3.8) is 0 Å². The first-order chi connectivity index (χ1) is 7.26. The largest absolute Gasteiger partial charge is 0.465 e. The number of rotatable bonds is 5. The van der Waals surface area contributed by atoms with Crippen molar-refractivity contribution in [3.8, 4) is 0 Å². The average Bonchev–Trinajstić information content (AvgIpc) is 2.75. The first-order valence-electron chi connectivity index (χ1n) is 4.89. The van der Waals surface area contributed by atoms with Crippen molar-refractivity contribution in [1.82, 2.24) is 5.32 Å². The zero-order valence-corrected chi connectivity index (χ0v) is 8.64. The Hall–Kier alpha value is -1.55. The van der Waals surface area contributed by atoms with Crippen LogP contribution in [0.4, 0.5) is 0 Å². The third-order valence-electron chi connectivity index (χ3n) is 2.00. The molecular formula is C11H15NO3. The number of aliphatic hydroxyl groups excluding tert-OH is 1. The van der Waals surface area contributed by atoms with Crippen LogP contribution < -0.4 is 5.32 Å². The van der Waals surface area contributed by atoms with E-state index in [1.54, 1.807) is 24.5 Å². The molecule has 0 aromatic carbocycles. The van der Waals surface area contributed by atoms with Crippen LogP contribution in [-0.2, 0) is 4.79 Å². The molecule has 0 bridgehead atoms. The molecule has 0 saturated heterocycles. The molecule has 2 N–H and O–H groups in total. The fourth-order valence-electron chi connectivity index (χ4n) is 1.07. The number of carbonyl (C=O) groups excluding carboxylic acids is 1. The molecular weight excluding hydrogens is 194 g/mol. The third kappa shape index (κ3) is 3.99. The van der Waals surface area contributed by atoms with Crippen molar-refractivity contribution >= 4 is 12.0 Å². The number of furan rings is 1. The van der Waals surface area contributed by atoms with Crippen LogP contribution >= 0.6 is 0 Å². The lowest BCUT2D eigenvalue weighted by atomic mass is 10.2. The molecule has 4 nitrogen and oxygen atoms in total. The molecule has 0 aliphatic rings. The molecule has 15 heavy (non-hydrogen) atoms. The van der Waals surface area contributed by atoms with Gasteiger partial charge in [-0.25, -0.2) is 0 Å². The van der Waals surface area contributed by atoms with E-state index in [4.69, 9.17) is 9.52 Å². The van der Waals surface area contributed by atoms with Gasteiger partial charge in [-0.3, -0.25) is 4.79 Å². The van der Waals surface area contributed by atoms with E-state index in [0.29, 0.717) is 12.2 Å². The number of aliphatic hydroxyl groups is 1. The van der Waals surface area contributed by atoms with Crippen molar-refractivity contribution in [1.29, 1.82) is 0 Å². The monoisotopic (exact) mass is 209 g/mol. The second-order valence-electron chi connectivity index (χ2n) is 3.15. The number of hydrogen-bond acceptors (Lipinski definition) is 3. The predicted molar refractivity (Wildman–Crippen MR) is 57.0 cm³/mol. The summed E-state index contributed by atoms with van der Waals surface area (Å²) >= 11 is 0. The molecule has 0 fully saturated rings. The lowest BCUT2D eigenvalue weighted by Gasteiger charge is -2.11. The van der Waals surface area contributed by atoms with Gasteiger partial charge in [0, 0.05) is 6.08 Å². The highest BCUT2D eigenvalue weighted by molar-refractivity contribution is 5.91. The van der Waals surface area contributed by atoms with E-state index >= 15 is 0 Å². The summed E-state index contributed by atoms with van der Waals surface area (Å²) in [5, 5.41) is 11.5. The van der Waals surface area contributed by atoms with Gasteiger partial charge in [0.15, 0.2) is 0 Å². The number of amides is 1. The average molecular weight is 209 g/mol. The van der Waals surface area contributed by atoms with Crippen LogP contribution in [0.15, 0.2) is 28.9 Å². The van der Waals surface area contributed by atoms with Crippen molar-refractivity contribution in [2.24, 2.45) is 0 Å². The Morgan fingerprint density at radius 1 is 1.73 bits per heavy atom. The van der Waals surface area contributed by atoms with Crippen LogP contribution in [0, 0.1) is 0 Å². The molecule has 82 valence electrons. The third-order valence-corrected chi connectivity index (χ3v) is 2.00. The fourth-order valence-corrected chi connectivity index (χ4v) is 1.07. The summed E-state index contributed by atoms with van der Waals surface area (Å²) in [4.78, 5) is 11.3. The quantitative estimate of drug-likeness (QED) is 0.716. The minimum Gasteiger partial charge on any atom is -0.465 e. The lowest BCUT2D eigenvalue weighted by Crippen LogP contribution is -2.35. The Morgan fingerprint density at radius 2 is 2.53 bits per heavy atom. The Morgan fingerprint density at radius 3 is 3.07 bits per heavy atom. The van der Waals surface area contributed by atoms with Gasteiger partial charge in [0.25, 0.3) is 0 Å². The van der Waals surface area contributed by atoms with Crippen LogP contribution in [0.2, 0.25) is 0 Å². The number of hydrogen-bond donors (Lipinski definition) is 2. The second kappa shape index (κ2) is 6.03. The molecule has 1 rings (SSSR count). The minimum atomic E-state index is -0.229. The molecule has 0 spiro atoms. The topological polar surface area (TPSA) is 62.5 Å². The maximum absolute atomic E-state index is 11.3. The van der Waals surface area contributed by atoms with Crippen molar-refractivity contribution in [3.05, 3.63) is 30.2 Å². The van der Waals surface area contributed by atoms with Crippen LogP contribution in [0.3, 0.4) is 0 Å². The molecule has 1 heterocycles. The standard InChI is InChI=1S/C11H15NO3/c1-2-9(8-13)12-11(14)6-5-10-4-3-7-15-10/h3-7,9,13H,2,8H2,1H3,(H,12,14)/b6-5+/t9-/m1/s1. The lowest BCUT2D eigenvalue weighted by molar-refractivity contribution is -0.117. The van der Waals surface area contributed by atoms with Gasteiger partial charge in [0.05, 0.1) is 18.9 Å². The fraction of sp³-hybridized carbons (Fsp3) is 0.364. The van der Waals surface area contributed by atoms with E-state index in [-0.39, 0.29) is 18.6 Å². The highest BCUT2D eigenvalue weighted by Crippen LogP contribution is 2.01. The Kier molecular flexibility index (Phi) is 4.63. The van der Waals surface area contributed by atoms with Crippen molar-refractivity contribution < 1.29 is 14.3 Å². The summed E-state index contributed by atoms with van der Waals surface area (Å²) in [5.74, 6) is 0.398. The van der Waals surface area contributed by atoms with Crippen LogP contribution in [-0.4, -0.2) is 23.7 Å². The van der Waals surface area contributed by atoms with E-state index in [9.17, 15) is 4.79 Å². The summed E-state index contributed by atoms with van der Waals surface area (Å²) < 4.78 is 5.03. The van der Waals surface area contributed by atoms with E-state index < -0.39 is 0 Å². The Bertz CT molecular complexity index is 313. The number of nitrogens with one attached hydrogen (secondary N) is 1. The van der Waals surface area contributed by atoms with E-state index in [0.717, 1.165) is 0 Å².